The van der Waals surface area contributed by atoms with Crippen LogP contribution in [0.1, 0.15) is 20.8 Å². The summed E-state index contributed by atoms with van der Waals surface area (Å²) in [5.41, 5.74) is 2.36. The molecule has 31 heavy (non-hydrogen) atoms. The van der Waals surface area contributed by atoms with Gasteiger partial charge in [-0.1, -0.05) is 6.07 Å². The molecule has 0 heterocycles. The highest BCUT2D eigenvalue weighted by Gasteiger charge is 2.18. The van der Waals surface area contributed by atoms with Crippen molar-refractivity contribution in [2.24, 2.45) is 20.7 Å². The van der Waals surface area contributed by atoms with Crippen LogP contribution >= 0.6 is 0 Å². The topological polar surface area (TPSA) is 168 Å². The van der Waals surface area contributed by atoms with Gasteiger partial charge in [0.15, 0.2) is 10.4 Å². The zero-order valence-electron chi connectivity index (χ0n) is 17.1. The first-order chi connectivity index (χ1) is 14.7. The standard InChI is InChI=1S/C18H20N8O5/c1-4-24(5-2)14-7-9-15(17(11-14)19-12(3)27)16-8-6-13(20-22-25(28)29)10-18(16)21-23-26(30)31/h6-11H,4-5H2,1-3H3,(H,19,27). The van der Waals surface area contributed by atoms with Crippen LogP contribution in [0.2, 0.25) is 0 Å². The van der Waals surface area contributed by atoms with Crippen molar-refractivity contribution in [2.45, 2.75) is 20.8 Å². The molecule has 0 aliphatic heterocycles. The Kier molecular flexibility index (Phi) is 7.77. The van der Waals surface area contributed by atoms with Gasteiger partial charge >= 0.3 is 0 Å². The maximum atomic E-state index is 11.8. The Morgan fingerprint density at radius 2 is 1.58 bits per heavy atom. The van der Waals surface area contributed by atoms with Gasteiger partial charge in [0, 0.05) is 42.9 Å². The minimum absolute atomic E-state index is 0.0266. The van der Waals surface area contributed by atoms with Crippen LogP contribution in [0.25, 0.3) is 11.1 Å². The van der Waals surface area contributed by atoms with Crippen LogP contribution in [0.4, 0.5) is 22.7 Å². The van der Waals surface area contributed by atoms with Crippen molar-refractivity contribution in [3.63, 3.8) is 0 Å². The molecule has 1 N–H and O–H groups in total. The monoisotopic (exact) mass is 428 g/mol. The van der Waals surface area contributed by atoms with E-state index in [1.807, 2.05) is 19.9 Å². The van der Waals surface area contributed by atoms with Crippen LogP contribution in [-0.4, -0.2) is 29.1 Å². The van der Waals surface area contributed by atoms with Gasteiger partial charge in [-0.25, -0.2) is 0 Å². The van der Waals surface area contributed by atoms with Gasteiger partial charge < -0.3 is 30.4 Å². The summed E-state index contributed by atoms with van der Waals surface area (Å²) in [5.74, 6) is -0.303. The molecule has 0 atom stereocenters. The normalized spacial score (nSPS) is 11.1. The van der Waals surface area contributed by atoms with Crippen molar-refractivity contribution in [1.82, 2.24) is 0 Å². The second kappa shape index (κ2) is 10.5. The van der Waals surface area contributed by atoms with Crippen molar-refractivity contribution in [3.8, 4) is 11.1 Å². The van der Waals surface area contributed by atoms with E-state index in [0.717, 1.165) is 18.8 Å². The number of benzene rings is 2. The number of anilines is 2. The summed E-state index contributed by atoms with van der Waals surface area (Å²) in [6.45, 7) is 6.89. The van der Waals surface area contributed by atoms with Crippen LogP contribution in [0.3, 0.4) is 0 Å². The van der Waals surface area contributed by atoms with Crippen LogP contribution in [0, 0.1) is 20.2 Å². The average molecular weight is 428 g/mol. The largest absolute Gasteiger partial charge is 0.372 e. The number of hydrogen-bond donors (Lipinski definition) is 1. The highest BCUT2D eigenvalue weighted by atomic mass is 16.7. The summed E-state index contributed by atoms with van der Waals surface area (Å²) >= 11 is 0. The molecule has 0 aliphatic carbocycles. The first kappa shape index (κ1) is 23.0. The van der Waals surface area contributed by atoms with E-state index < -0.39 is 10.1 Å². The molecular weight excluding hydrogens is 408 g/mol. The molecule has 0 aliphatic rings. The lowest BCUT2D eigenvalue weighted by Gasteiger charge is -2.23. The Hall–Kier alpha value is -4.29. The Labute approximate surface area is 176 Å². The number of nitrogens with zero attached hydrogens (tertiary/aromatic N) is 7. The van der Waals surface area contributed by atoms with Gasteiger partial charge in [-0.3, -0.25) is 4.79 Å². The third-order valence-corrected chi connectivity index (χ3v) is 4.17. The van der Waals surface area contributed by atoms with E-state index in [-0.39, 0.29) is 17.3 Å². The fraction of sp³-hybridized carbons (Fsp3) is 0.278. The summed E-state index contributed by atoms with van der Waals surface area (Å²) in [6.07, 6.45) is 0. The minimum atomic E-state index is -0.979. The van der Waals surface area contributed by atoms with Gasteiger partial charge in [-0.2, -0.15) is 0 Å². The molecule has 0 saturated heterocycles. The lowest BCUT2D eigenvalue weighted by Crippen LogP contribution is -2.22. The number of amides is 1. The predicted octanol–water partition coefficient (Wildman–Crippen LogP) is 4.71. The molecule has 1 amide bonds. The Morgan fingerprint density at radius 1 is 0.968 bits per heavy atom. The second-order valence-corrected chi connectivity index (χ2v) is 6.14. The van der Waals surface area contributed by atoms with Crippen LogP contribution in [0.5, 0.6) is 0 Å². The number of nitrogens with one attached hydrogen (secondary N) is 1. The van der Waals surface area contributed by atoms with Crippen molar-refractivity contribution >= 4 is 28.7 Å². The minimum Gasteiger partial charge on any atom is -0.372 e. The molecule has 0 saturated carbocycles. The molecule has 162 valence electrons. The maximum Gasteiger partial charge on any atom is 0.221 e. The molecule has 2 aromatic rings. The zero-order chi connectivity index (χ0) is 23.0. The predicted molar refractivity (Wildman–Crippen MR) is 113 cm³/mol. The zero-order valence-corrected chi connectivity index (χ0v) is 17.1. The van der Waals surface area contributed by atoms with E-state index in [9.17, 15) is 25.0 Å². The summed E-state index contributed by atoms with van der Waals surface area (Å²) in [5, 5.41) is 34.7. The third-order valence-electron chi connectivity index (χ3n) is 4.17. The van der Waals surface area contributed by atoms with Crippen LogP contribution < -0.4 is 10.2 Å². The van der Waals surface area contributed by atoms with Gasteiger partial charge in [0.1, 0.15) is 0 Å². The summed E-state index contributed by atoms with van der Waals surface area (Å²) in [7, 11) is 0. The molecule has 2 aromatic carbocycles. The fourth-order valence-electron chi connectivity index (χ4n) is 2.91. The van der Waals surface area contributed by atoms with Crippen LogP contribution in [-0.2, 0) is 4.79 Å². The molecule has 2 rings (SSSR count). The third kappa shape index (κ3) is 6.35. The summed E-state index contributed by atoms with van der Waals surface area (Å²) in [4.78, 5) is 34.9. The molecule has 13 nitrogen and oxygen atoms in total. The molecule has 0 spiro atoms. The number of rotatable bonds is 9. The Balaban J connectivity index is 2.67. The lowest BCUT2D eigenvalue weighted by molar-refractivity contribution is -0.493. The molecule has 0 aromatic heterocycles. The molecule has 0 radical (unpaired) electrons. The number of nitro groups is 2. The van der Waals surface area contributed by atoms with Gasteiger partial charge in [0.25, 0.3) is 0 Å². The average Bonchev–Trinajstić information content (AvgIpc) is 2.71. The van der Waals surface area contributed by atoms with Crippen molar-refractivity contribution in [1.29, 1.82) is 0 Å². The first-order valence-electron chi connectivity index (χ1n) is 9.18. The highest BCUT2D eigenvalue weighted by Crippen LogP contribution is 2.39. The summed E-state index contributed by atoms with van der Waals surface area (Å²) in [6, 6.07) is 9.60. The van der Waals surface area contributed by atoms with Crippen molar-refractivity contribution in [2.75, 3.05) is 23.3 Å². The van der Waals surface area contributed by atoms with E-state index in [1.165, 1.54) is 25.1 Å². The molecule has 0 fully saturated rings. The smallest absolute Gasteiger partial charge is 0.221 e. The van der Waals surface area contributed by atoms with Crippen molar-refractivity contribution in [3.05, 3.63) is 56.6 Å². The first-order valence-corrected chi connectivity index (χ1v) is 9.18. The SMILES string of the molecule is CCN(CC)c1ccc(-c2ccc(N=N[N+](=O)[O-])cc2N=N[N+](=O)[O-])c(NC(C)=O)c1. The van der Waals surface area contributed by atoms with E-state index in [4.69, 9.17) is 0 Å². The number of carbonyl (C=O) groups is 1. The van der Waals surface area contributed by atoms with Crippen LogP contribution in [0.15, 0.2) is 57.1 Å². The molecular formula is C18H20N8O5. The van der Waals surface area contributed by atoms with Gasteiger partial charge in [0.2, 0.25) is 17.3 Å². The molecule has 0 bridgehead atoms. The quantitative estimate of drug-likeness (QED) is 0.344. The Bertz CT molecular complexity index is 1050. The van der Waals surface area contributed by atoms with E-state index >= 15 is 0 Å². The molecule has 0 unspecified atom stereocenters. The van der Waals surface area contributed by atoms with E-state index in [1.54, 1.807) is 12.1 Å². The lowest BCUT2D eigenvalue weighted by atomic mass is 10.00. The van der Waals surface area contributed by atoms with Crippen molar-refractivity contribution < 1.29 is 14.9 Å². The summed E-state index contributed by atoms with van der Waals surface area (Å²) < 4.78 is 0. The van der Waals surface area contributed by atoms with E-state index in [0.29, 0.717) is 16.8 Å². The molecule has 13 heteroatoms. The van der Waals surface area contributed by atoms with Gasteiger partial charge in [0.05, 0.1) is 26.0 Å². The number of hydrogen-bond acceptors (Lipinski definition) is 8. The van der Waals surface area contributed by atoms with Gasteiger partial charge in [-0.15, -0.1) is 0 Å². The maximum absolute atomic E-state index is 11.8. The van der Waals surface area contributed by atoms with E-state index in [2.05, 4.69) is 30.9 Å². The second-order valence-electron chi connectivity index (χ2n) is 6.14. The van der Waals surface area contributed by atoms with Gasteiger partial charge in [-0.05, 0) is 38.1 Å². The Morgan fingerprint density at radius 3 is 2.16 bits per heavy atom. The highest BCUT2D eigenvalue weighted by molar-refractivity contribution is 5.97. The number of carbonyl (C=O) groups excluding carboxylic acids is 1. The fourth-order valence-corrected chi connectivity index (χ4v) is 2.91.